The minimum Gasteiger partial charge on any atom is -0.349 e. The number of benzene rings is 1. The highest BCUT2D eigenvalue weighted by Crippen LogP contribution is 2.15. The second-order valence-electron chi connectivity index (χ2n) is 6.60. The fourth-order valence-corrected chi connectivity index (χ4v) is 3.20. The number of nitrogens with one attached hydrogen (secondary N) is 1. The molecule has 2 heterocycles. The Labute approximate surface area is 147 Å². The third kappa shape index (κ3) is 3.49. The first-order valence-corrected chi connectivity index (χ1v) is 8.68. The van der Waals surface area contributed by atoms with Gasteiger partial charge in [0, 0.05) is 44.2 Å². The number of hydrogen-bond acceptors (Lipinski definition) is 4. The lowest BCUT2D eigenvalue weighted by Crippen LogP contribution is -2.34. The van der Waals surface area contributed by atoms with Gasteiger partial charge in [-0.15, -0.1) is 6.58 Å². The lowest BCUT2D eigenvalue weighted by Gasteiger charge is -2.23. The number of rotatable bonds is 4. The summed E-state index contributed by atoms with van der Waals surface area (Å²) in [4.78, 5) is 32.0. The van der Waals surface area contributed by atoms with Gasteiger partial charge in [0.2, 0.25) is 0 Å². The van der Waals surface area contributed by atoms with Gasteiger partial charge in [0.15, 0.2) is 0 Å². The van der Waals surface area contributed by atoms with Gasteiger partial charge < -0.3 is 5.32 Å². The van der Waals surface area contributed by atoms with Crippen LogP contribution in [0.2, 0.25) is 0 Å². The van der Waals surface area contributed by atoms with E-state index in [1.54, 1.807) is 28.8 Å². The molecule has 1 aliphatic heterocycles. The van der Waals surface area contributed by atoms with Crippen molar-refractivity contribution in [2.24, 2.45) is 0 Å². The molecule has 0 spiro atoms. The SMILES string of the molecule is C=CCNC(=O)c1ccc2c(=O)n3c(nc2c1)CCN(C(C)C)CC3. The summed E-state index contributed by atoms with van der Waals surface area (Å²) in [5.41, 5.74) is 1.06. The van der Waals surface area contributed by atoms with Crippen LogP contribution in [0, 0.1) is 0 Å². The van der Waals surface area contributed by atoms with Gasteiger partial charge in [-0.25, -0.2) is 4.98 Å². The van der Waals surface area contributed by atoms with E-state index < -0.39 is 0 Å². The van der Waals surface area contributed by atoms with Crippen LogP contribution < -0.4 is 10.9 Å². The van der Waals surface area contributed by atoms with E-state index in [1.807, 2.05) is 0 Å². The molecule has 6 nitrogen and oxygen atoms in total. The molecule has 25 heavy (non-hydrogen) atoms. The third-order valence-electron chi connectivity index (χ3n) is 4.67. The molecule has 1 N–H and O–H groups in total. The minimum absolute atomic E-state index is 0.0244. The summed E-state index contributed by atoms with van der Waals surface area (Å²) in [5, 5.41) is 3.30. The van der Waals surface area contributed by atoms with Gasteiger partial charge in [0.1, 0.15) is 5.82 Å². The molecule has 6 heteroatoms. The van der Waals surface area contributed by atoms with Crippen molar-refractivity contribution in [2.75, 3.05) is 19.6 Å². The minimum atomic E-state index is -0.190. The second kappa shape index (κ2) is 7.19. The van der Waals surface area contributed by atoms with Gasteiger partial charge in [-0.1, -0.05) is 6.08 Å². The molecule has 2 aromatic rings. The van der Waals surface area contributed by atoms with Crippen molar-refractivity contribution in [3.63, 3.8) is 0 Å². The quantitative estimate of drug-likeness (QED) is 0.858. The number of nitrogens with zero attached hydrogens (tertiary/aromatic N) is 3. The third-order valence-corrected chi connectivity index (χ3v) is 4.67. The van der Waals surface area contributed by atoms with Crippen molar-refractivity contribution >= 4 is 16.8 Å². The molecule has 1 aliphatic rings. The van der Waals surface area contributed by atoms with Gasteiger partial charge in [0.25, 0.3) is 11.5 Å². The summed E-state index contributed by atoms with van der Waals surface area (Å²) in [7, 11) is 0. The summed E-state index contributed by atoms with van der Waals surface area (Å²) in [6, 6.07) is 5.51. The first-order chi connectivity index (χ1) is 12.0. The average molecular weight is 340 g/mol. The number of hydrogen-bond donors (Lipinski definition) is 1. The lowest BCUT2D eigenvalue weighted by atomic mass is 10.1. The zero-order valence-corrected chi connectivity index (χ0v) is 14.8. The van der Waals surface area contributed by atoms with E-state index in [0.717, 1.165) is 25.3 Å². The Hall–Kier alpha value is -2.47. The first-order valence-electron chi connectivity index (χ1n) is 8.68. The highest BCUT2D eigenvalue weighted by Gasteiger charge is 2.19. The Morgan fingerprint density at radius 1 is 1.36 bits per heavy atom. The Morgan fingerprint density at radius 3 is 2.88 bits per heavy atom. The van der Waals surface area contributed by atoms with Crippen molar-refractivity contribution in [1.82, 2.24) is 19.8 Å². The molecule has 0 aliphatic carbocycles. The number of carbonyl (C=O) groups excluding carboxylic acids is 1. The molecule has 1 amide bonds. The molecule has 0 fully saturated rings. The van der Waals surface area contributed by atoms with E-state index in [9.17, 15) is 9.59 Å². The molecule has 0 unspecified atom stereocenters. The fourth-order valence-electron chi connectivity index (χ4n) is 3.20. The molecule has 0 atom stereocenters. The van der Waals surface area contributed by atoms with E-state index in [4.69, 9.17) is 0 Å². The molecule has 132 valence electrons. The van der Waals surface area contributed by atoms with Gasteiger partial charge in [-0.2, -0.15) is 0 Å². The van der Waals surface area contributed by atoms with Crippen molar-refractivity contribution in [3.05, 3.63) is 52.6 Å². The zero-order chi connectivity index (χ0) is 18.0. The van der Waals surface area contributed by atoms with E-state index in [1.165, 1.54) is 0 Å². The van der Waals surface area contributed by atoms with Crippen LogP contribution in [0.5, 0.6) is 0 Å². The summed E-state index contributed by atoms with van der Waals surface area (Å²) in [5.74, 6) is 0.605. The maximum absolute atomic E-state index is 12.8. The van der Waals surface area contributed by atoms with Crippen LogP contribution in [0.25, 0.3) is 10.9 Å². The van der Waals surface area contributed by atoms with Crippen LogP contribution >= 0.6 is 0 Å². The molecule has 0 radical (unpaired) electrons. The van der Waals surface area contributed by atoms with Crippen LogP contribution in [0.3, 0.4) is 0 Å². The second-order valence-corrected chi connectivity index (χ2v) is 6.60. The monoisotopic (exact) mass is 340 g/mol. The molecule has 0 bridgehead atoms. The van der Waals surface area contributed by atoms with Crippen molar-refractivity contribution in [1.29, 1.82) is 0 Å². The van der Waals surface area contributed by atoms with Crippen LogP contribution in [0.15, 0.2) is 35.6 Å². The molecule has 0 saturated heterocycles. The van der Waals surface area contributed by atoms with E-state index in [2.05, 4.69) is 35.6 Å². The summed E-state index contributed by atoms with van der Waals surface area (Å²) in [6.07, 6.45) is 2.36. The van der Waals surface area contributed by atoms with Gasteiger partial charge in [-0.3, -0.25) is 19.1 Å². The highest BCUT2D eigenvalue weighted by molar-refractivity contribution is 5.97. The van der Waals surface area contributed by atoms with Crippen LogP contribution in [-0.2, 0) is 13.0 Å². The van der Waals surface area contributed by atoms with Crippen LogP contribution in [0.1, 0.15) is 30.0 Å². The summed E-state index contributed by atoms with van der Waals surface area (Å²) >= 11 is 0. The molecule has 1 aromatic carbocycles. The maximum Gasteiger partial charge on any atom is 0.261 e. The normalized spacial score (nSPS) is 15.0. The van der Waals surface area contributed by atoms with Crippen molar-refractivity contribution in [2.45, 2.75) is 32.9 Å². The van der Waals surface area contributed by atoms with E-state index in [0.29, 0.717) is 35.6 Å². The number of carbonyl (C=O) groups is 1. The van der Waals surface area contributed by atoms with Crippen LogP contribution in [0.4, 0.5) is 0 Å². The van der Waals surface area contributed by atoms with Crippen molar-refractivity contribution in [3.8, 4) is 0 Å². The topological polar surface area (TPSA) is 67.2 Å². The van der Waals surface area contributed by atoms with Crippen LogP contribution in [-0.4, -0.2) is 46.0 Å². The molecular formula is C19H24N4O2. The maximum atomic E-state index is 12.8. The largest absolute Gasteiger partial charge is 0.349 e. The number of amides is 1. The van der Waals surface area contributed by atoms with E-state index in [-0.39, 0.29) is 11.5 Å². The van der Waals surface area contributed by atoms with Gasteiger partial charge in [0.05, 0.1) is 10.9 Å². The standard InChI is InChI=1S/C19H24N4O2/c1-4-8-20-18(24)14-5-6-15-16(12-14)21-17-7-9-22(13(2)3)10-11-23(17)19(15)25/h4-6,12-13H,1,7-11H2,2-3H3,(H,20,24). The Kier molecular flexibility index (Phi) is 4.99. The highest BCUT2D eigenvalue weighted by atomic mass is 16.1. The molecule has 3 rings (SSSR count). The summed E-state index contributed by atoms with van der Waals surface area (Å²) in [6.45, 7) is 10.7. The summed E-state index contributed by atoms with van der Waals surface area (Å²) < 4.78 is 1.78. The Morgan fingerprint density at radius 2 is 2.16 bits per heavy atom. The molecule has 0 saturated carbocycles. The smallest absolute Gasteiger partial charge is 0.261 e. The first kappa shape index (κ1) is 17.4. The van der Waals surface area contributed by atoms with Crippen molar-refractivity contribution < 1.29 is 4.79 Å². The fraction of sp³-hybridized carbons (Fsp3) is 0.421. The predicted octanol–water partition coefficient (Wildman–Crippen LogP) is 1.58. The molecule has 1 aromatic heterocycles. The van der Waals surface area contributed by atoms with Gasteiger partial charge in [-0.05, 0) is 32.0 Å². The Bertz CT molecular complexity index is 870. The average Bonchev–Trinajstić information content (AvgIpc) is 2.82. The Balaban J connectivity index is 1.99. The number of fused-ring (bicyclic) bond motifs is 2. The zero-order valence-electron chi connectivity index (χ0n) is 14.8. The predicted molar refractivity (Wildman–Crippen MR) is 98.9 cm³/mol. The lowest BCUT2D eigenvalue weighted by molar-refractivity contribution is 0.0958. The number of aromatic nitrogens is 2. The van der Waals surface area contributed by atoms with E-state index >= 15 is 0 Å². The molecular weight excluding hydrogens is 316 g/mol. The van der Waals surface area contributed by atoms with Gasteiger partial charge >= 0.3 is 0 Å².